The largest absolute Gasteiger partial charge is 0.497 e. The van der Waals surface area contributed by atoms with Crippen LogP contribution in [0.5, 0.6) is 11.6 Å². The lowest BCUT2D eigenvalue weighted by Gasteiger charge is -2.13. The Morgan fingerprint density at radius 2 is 1.92 bits per heavy atom. The summed E-state index contributed by atoms with van der Waals surface area (Å²) in [5.41, 5.74) is 1.42. The average molecular weight is 330 g/mol. The summed E-state index contributed by atoms with van der Waals surface area (Å²) in [6, 6.07) is 5.37. The predicted molar refractivity (Wildman–Crippen MR) is 87.1 cm³/mol. The van der Waals surface area contributed by atoms with E-state index in [0.717, 1.165) is 29.6 Å². The van der Waals surface area contributed by atoms with E-state index >= 15 is 0 Å². The number of aromatic nitrogens is 1. The Morgan fingerprint density at radius 1 is 1.17 bits per heavy atom. The van der Waals surface area contributed by atoms with Crippen LogP contribution in [0.15, 0.2) is 30.4 Å². The number of hydrogen-bond acceptors (Lipinski definition) is 6. The molecule has 0 spiro atoms. The molecule has 1 aliphatic rings. The zero-order chi connectivity index (χ0) is 17.3. The Labute approximate surface area is 138 Å². The second kappa shape index (κ2) is 6.37. The zero-order valence-corrected chi connectivity index (χ0v) is 13.7. The van der Waals surface area contributed by atoms with E-state index in [2.05, 4.69) is 0 Å². The third kappa shape index (κ3) is 2.98. The number of ether oxygens (including phenoxy) is 2. The summed E-state index contributed by atoms with van der Waals surface area (Å²) in [6.45, 7) is 0.741. The fourth-order valence-corrected chi connectivity index (χ4v) is 2.56. The quantitative estimate of drug-likeness (QED) is 0.784. The van der Waals surface area contributed by atoms with Crippen LogP contribution in [0.2, 0.25) is 0 Å². The number of carbonyl (C=O) groups excluding carboxylic acids is 2. The van der Waals surface area contributed by atoms with Gasteiger partial charge in [-0.15, -0.1) is 4.73 Å². The smallest absolute Gasteiger partial charge is 0.356 e. The fourth-order valence-electron chi connectivity index (χ4n) is 2.56. The second-order valence-corrected chi connectivity index (χ2v) is 5.68. The molecule has 2 aromatic rings. The highest BCUT2D eigenvalue weighted by molar-refractivity contribution is 5.96. The molecule has 0 fully saturated rings. The van der Waals surface area contributed by atoms with Gasteiger partial charge in [0, 0.05) is 29.6 Å². The predicted octanol–water partition coefficient (Wildman–Crippen LogP) is 1.18. The molecule has 2 heterocycles. The first-order valence-electron chi connectivity index (χ1n) is 7.48. The van der Waals surface area contributed by atoms with Crippen LogP contribution in [0, 0.1) is 0 Å². The summed E-state index contributed by atoms with van der Waals surface area (Å²) in [6.07, 6.45) is 2.72. The molecule has 0 atom stereocenters. The summed E-state index contributed by atoms with van der Waals surface area (Å²) in [7, 11) is 5.49. The Bertz CT molecular complexity index is 835. The van der Waals surface area contributed by atoms with Crippen molar-refractivity contribution < 1.29 is 23.9 Å². The highest BCUT2D eigenvalue weighted by Crippen LogP contribution is 2.35. The molecule has 7 heteroatoms. The van der Waals surface area contributed by atoms with Crippen molar-refractivity contribution in [2.24, 2.45) is 0 Å². The Balaban J connectivity index is 2.21. The molecule has 7 nitrogen and oxygen atoms in total. The molecule has 0 aliphatic carbocycles. The van der Waals surface area contributed by atoms with Crippen LogP contribution in [0.1, 0.15) is 5.56 Å². The van der Waals surface area contributed by atoms with Gasteiger partial charge in [-0.05, 0) is 38.7 Å². The van der Waals surface area contributed by atoms with Crippen molar-refractivity contribution in [3.05, 3.63) is 35.9 Å². The van der Waals surface area contributed by atoms with Gasteiger partial charge in [0.15, 0.2) is 0 Å². The first kappa shape index (κ1) is 16.1. The molecule has 0 radical (unpaired) electrons. The number of nitrogens with zero attached hydrogens (tertiary/aromatic N) is 2. The topological polar surface area (TPSA) is 70.0 Å². The van der Waals surface area contributed by atoms with Gasteiger partial charge >= 0.3 is 11.9 Å². The molecule has 0 saturated heterocycles. The average Bonchev–Trinajstić information content (AvgIpc) is 2.81. The SMILES string of the molecule is COc1ccc2c(c1)c(CCN(C)C)c1n2OC(=O)/C=C/C(=O)O1. The molecule has 0 N–H and O–H groups in total. The van der Waals surface area contributed by atoms with Crippen molar-refractivity contribution in [3.63, 3.8) is 0 Å². The summed E-state index contributed by atoms with van der Waals surface area (Å²) >= 11 is 0. The van der Waals surface area contributed by atoms with E-state index in [4.69, 9.17) is 14.3 Å². The molecule has 126 valence electrons. The lowest BCUT2D eigenvalue weighted by Crippen LogP contribution is -2.23. The maximum Gasteiger partial charge on any atom is 0.356 e. The van der Waals surface area contributed by atoms with Crippen molar-refractivity contribution >= 4 is 22.8 Å². The van der Waals surface area contributed by atoms with E-state index in [1.165, 1.54) is 4.73 Å². The van der Waals surface area contributed by atoms with Crippen LogP contribution < -0.4 is 14.3 Å². The molecule has 3 rings (SSSR count). The van der Waals surface area contributed by atoms with Crippen molar-refractivity contribution in [1.82, 2.24) is 9.63 Å². The van der Waals surface area contributed by atoms with Gasteiger partial charge in [0.05, 0.1) is 12.6 Å². The summed E-state index contributed by atoms with van der Waals surface area (Å²) < 4.78 is 12.0. The highest BCUT2D eigenvalue weighted by Gasteiger charge is 2.25. The maximum absolute atomic E-state index is 11.9. The van der Waals surface area contributed by atoms with E-state index in [-0.39, 0.29) is 5.88 Å². The molecule has 0 unspecified atom stereocenters. The lowest BCUT2D eigenvalue weighted by atomic mass is 10.1. The number of carbonyl (C=O) groups is 2. The number of fused-ring (bicyclic) bond motifs is 3. The summed E-state index contributed by atoms with van der Waals surface area (Å²) in [4.78, 5) is 31.0. The van der Waals surface area contributed by atoms with Gasteiger partial charge in [0.2, 0.25) is 5.88 Å². The number of esters is 1. The normalized spacial score (nSPS) is 15.5. The van der Waals surface area contributed by atoms with E-state index in [1.807, 2.05) is 25.1 Å². The molecule has 0 bridgehead atoms. The minimum atomic E-state index is -0.639. The van der Waals surface area contributed by atoms with Crippen LogP contribution in [-0.2, 0) is 16.0 Å². The lowest BCUT2D eigenvalue weighted by molar-refractivity contribution is -0.142. The zero-order valence-electron chi connectivity index (χ0n) is 13.7. The number of methoxy groups -OCH3 is 1. The van der Waals surface area contributed by atoms with Crippen molar-refractivity contribution in [1.29, 1.82) is 0 Å². The van der Waals surface area contributed by atoms with Gasteiger partial charge in [-0.25, -0.2) is 9.59 Å². The number of benzene rings is 1. The molecule has 0 saturated carbocycles. The Hall–Kier alpha value is -2.80. The van der Waals surface area contributed by atoms with E-state index in [1.54, 1.807) is 19.2 Å². The molecule has 24 heavy (non-hydrogen) atoms. The summed E-state index contributed by atoms with van der Waals surface area (Å²) in [5, 5.41) is 0.814. The molecule has 0 amide bonds. The van der Waals surface area contributed by atoms with Crippen molar-refractivity contribution in [2.45, 2.75) is 6.42 Å². The van der Waals surface area contributed by atoms with E-state index < -0.39 is 11.9 Å². The number of hydrogen-bond donors (Lipinski definition) is 0. The van der Waals surface area contributed by atoms with Gasteiger partial charge in [0.1, 0.15) is 5.75 Å². The first-order valence-corrected chi connectivity index (χ1v) is 7.48. The van der Waals surface area contributed by atoms with Crippen LogP contribution in [0.3, 0.4) is 0 Å². The van der Waals surface area contributed by atoms with Gasteiger partial charge in [-0.2, -0.15) is 0 Å². The molecule has 1 aromatic carbocycles. The minimum Gasteiger partial charge on any atom is -0.497 e. The van der Waals surface area contributed by atoms with Gasteiger partial charge < -0.3 is 19.2 Å². The maximum atomic E-state index is 11.9. The highest BCUT2D eigenvalue weighted by atomic mass is 16.7. The van der Waals surface area contributed by atoms with Crippen LogP contribution in [0.25, 0.3) is 10.9 Å². The number of rotatable bonds is 4. The van der Waals surface area contributed by atoms with Crippen LogP contribution in [-0.4, -0.2) is 49.3 Å². The second-order valence-electron chi connectivity index (χ2n) is 5.68. The van der Waals surface area contributed by atoms with Crippen molar-refractivity contribution in [3.8, 4) is 11.6 Å². The third-order valence-corrected chi connectivity index (χ3v) is 3.73. The van der Waals surface area contributed by atoms with E-state index in [0.29, 0.717) is 17.7 Å². The Kier molecular flexibility index (Phi) is 4.26. The van der Waals surface area contributed by atoms with E-state index in [9.17, 15) is 9.59 Å². The molecule has 1 aliphatic heterocycles. The van der Waals surface area contributed by atoms with Crippen LogP contribution >= 0.6 is 0 Å². The van der Waals surface area contributed by atoms with Crippen LogP contribution in [0.4, 0.5) is 0 Å². The standard InChI is InChI=1S/C17H18N2O5/c1-18(2)9-8-12-13-10-11(22-3)4-5-14(13)19-17(12)23-15(20)6-7-16(21)24-19/h4-7,10H,8-9H2,1-3H3/b7-6+. The third-order valence-electron chi connectivity index (χ3n) is 3.73. The minimum absolute atomic E-state index is 0.225. The van der Waals surface area contributed by atoms with Gasteiger partial charge in [-0.1, -0.05) is 0 Å². The number of likely N-dealkylation sites (N-methyl/N-ethyl adjacent to an activating group) is 1. The van der Waals surface area contributed by atoms with Gasteiger partial charge in [-0.3, -0.25) is 0 Å². The Morgan fingerprint density at radius 3 is 2.62 bits per heavy atom. The monoisotopic (exact) mass is 330 g/mol. The first-order chi connectivity index (χ1) is 11.5. The molecule has 1 aromatic heterocycles. The summed E-state index contributed by atoms with van der Waals surface area (Å²) in [5.74, 6) is -0.362. The molecular weight excluding hydrogens is 312 g/mol. The van der Waals surface area contributed by atoms with Gasteiger partial charge in [0.25, 0.3) is 0 Å². The molecular formula is C17H18N2O5. The van der Waals surface area contributed by atoms with Crippen molar-refractivity contribution in [2.75, 3.05) is 27.7 Å². The fraction of sp³-hybridized carbons (Fsp3) is 0.294.